The fourth-order valence-corrected chi connectivity index (χ4v) is 4.29. The molecule has 0 amide bonds. The third-order valence-corrected chi connectivity index (χ3v) is 5.72. The van der Waals surface area contributed by atoms with Gasteiger partial charge in [0, 0.05) is 24.5 Å². The van der Waals surface area contributed by atoms with E-state index in [-0.39, 0.29) is 27.7 Å². The molecule has 0 aliphatic carbocycles. The Morgan fingerprint density at radius 2 is 1.48 bits per heavy atom. The van der Waals surface area contributed by atoms with E-state index in [1.807, 2.05) is 20.8 Å². The Hall–Kier alpha value is -0.920. The predicted octanol–water partition coefficient (Wildman–Crippen LogP) is 1.58. The van der Waals surface area contributed by atoms with Crippen LogP contribution in [-0.4, -0.2) is 35.4 Å². The fourth-order valence-electron chi connectivity index (χ4n) is 2.59. The Balaban J connectivity index is 3.68. The molecule has 2 atom stereocenters. The molecule has 21 heavy (non-hydrogen) atoms. The van der Waals surface area contributed by atoms with Gasteiger partial charge in [-0.1, -0.05) is 19.9 Å². The first kappa shape index (κ1) is 18.1. The van der Waals surface area contributed by atoms with Crippen LogP contribution in [0.1, 0.15) is 32.3 Å². The molecule has 0 saturated carbocycles. The van der Waals surface area contributed by atoms with E-state index in [4.69, 9.17) is 5.73 Å². The fraction of sp³-hybridized carbons (Fsp3) is 0.571. The Labute approximate surface area is 127 Å². The Kier molecular flexibility index (Phi) is 5.23. The highest BCUT2D eigenvalue weighted by molar-refractivity contribution is 7.91. The maximum absolute atomic E-state index is 12.0. The van der Waals surface area contributed by atoms with Crippen LogP contribution in [0.5, 0.6) is 0 Å². The van der Waals surface area contributed by atoms with Crippen molar-refractivity contribution >= 4 is 19.7 Å². The van der Waals surface area contributed by atoms with Gasteiger partial charge in [0.25, 0.3) is 0 Å². The van der Waals surface area contributed by atoms with Gasteiger partial charge in [0.1, 0.15) is 0 Å². The first-order chi connectivity index (χ1) is 9.35. The predicted molar refractivity (Wildman–Crippen MR) is 83.9 cm³/mol. The van der Waals surface area contributed by atoms with Crippen molar-refractivity contribution < 1.29 is 16.8 Å². The normalized spacial score (nSPS) is 16.0. The molecule has 1 aromatic carbocycles. The second kappa shape index (κ2) is 6.06. The van der Waals surface area contributed by atoms with Gasteiger partial charge in [-0.25, -0.2) is 16.8 Å². The maximum atomic E-state index is 12.0. The summed E-state index contributed by atoms with van der Waals surface area (Å²) in [6.07, 6.45) is 2.13. The van der Waals surface area contributed by atoms with Crippen LogP contribution in [-0.2, 0) is 19.7 Å². The number of hydrogen-bond donors (Lipinski definition) is 1. The van der Waals surface area contributed by atoms with Gasteiger partial charge < -0.3 is 5.73 Å². The standard InChI is InChI=1S/C14H23NO4S2/c1-9(2)14(10(3)15)12-7-6-11(20(4,16)17)8-13(12)21(5,18)19/h6-10,14H,15H2,1-5H3. The van der Waals surface area contributed by atoms with E-state index >= 15 is 0 Å². The third-order valence-electron chi connectivity index (χ3n) is 3.46. The van der Waals surface area contributed by atoms with Crippen molar-refractivity contribution in [2.75, 3.05) is 12.5 Å². The average Bonchev–Trinajstić information content (AvgIpc) is 2.25. The van der Waals surface area contributed by atoms with Gasteiger partial charge in [0.15, 0.2) is 19.7 Å². The lowest BCUT2D eigenvalue weighted by Crippen LogP contribution is -2.29. The summed E-state index contributed by atoms with van der Waals surface area (Å²) in [6.45, 7) is 5.75. The van der Waals surface area contributed by atoms with Crippen LogP contribution in [0.2, 0.25) is 0 Å². The third kappa shape index (κ3) is 4.28. The second-order valence-corrected chi connectivity index (χ2v) is 9.87. The highest BCUT2D eigenvalue weighted by atomic mass is 32.2. The van der Waals surface area contributed by atoms with E-state index < -0.39 is 19.7 Å². The molecule has 0 aliphatic heterocycles. The zero-order valence-corrected chi connectivity index (χ0v) is 14.6. The lowest BCUT2D eigenvalue weighted by Gasteiger charge is -2.27. The summed E-state index contributed by atoms with van der Waals surface area (Å²) in [5.74, 6) is -0.0297. The Morgan fingerprint density at radius 3 is 1.81 bits per heavy atom. The van der Waals surface area contributed by atoms with E-state index in [1.54, 1.807) is 6.07 Å². The smallest absolute Gasteiger partial charge is 0.175 e. The monoisotopic (exact) mass is 333 g/mol. The number of hydrogen-bond acceptors (Lipinski definition) is 5. The topological polar surface area (TPSA) is 94.3 Å². The van der Waals surface area contributed by atoms with Crippen molar-refractivity contribution in [2.24, 2.45) is 11.7 Å². The van der Waals surface area contributed by atoms with E-state index in [0.29, 0.717) is 5.56 Å². The van der Waals surface area contributed by atoms with Gasteiger partial charge in [-0.3, -0.25) is 0 Å². The summed E-state index contributed by atoms with van der Waals surface area (Å²) in [4.78, 5) is 0.0419. The second-order valence-electron chi connectivity index (χ2n) is 5.87. The number of sulfone groups is 2. The maximum Gasteiger partial charge on any atom is 0.175 e. The van der Waals surface area contributed by atoms with E-state index in [1.165, 1.54) is 12.1 Å². The summed E-state index contributed by atoms with van der Waals surface area (Å²) in [6, 6.07) is 4.00. The largest absolute Gasteiger partial charge is 0.327 e. The first-order valence-electron chi connectivity index (χ1n) is 6.65. The van der Waals surface area contributed by atoms with Crippen LogP contribution < -0.4 is 5.73 Å². The molecular weight excluding hydrogens is 310 g/mol. The van der Waals surface area contributed by atoms with Crippen molar-refractivity contribution in [2.45, 2.75) is 42.5 Å². The van der Waals surface area contributed by atoms with Crippen LogP contribution in [0.3, 0.4) is 0 Å². The quantitative estimate of drug-likeness (QED) is 0.883. The molecule has 0 saturated heterocycles. The molecule has 5 nitrogen and oxygen atoms in total. The van der Waals surface area contributed by atoms with Crippen molar-refractivity contribution in [1.29, 1.82) is 0 Å². The van der Waals surface area contributed by atoms with Crippen molar-refractivity contribution in [3.8, 4) is 0 Å². The molecule has 2 unspecified atom stereocenters. The molecule has 7 heteroatoms. The molecule has 0 bridgehead atoms. The SMILES string of the molecule is CC(C)C(c1ccc(S(C)(=O)=O)cc1S(C)(=O)=O)C(C)N. The summed E-state index contributed by atoms with van der Waals surface area (Å²) >= 11 is 0. The Bertz CT molecular complexity index is 711. The van der Waals surface area contributed by atoms with Crippen molar-refractivity contribution in [3.63, 3.8) is 0 Å². The minimum atomic E-state index is -3.55. The molecule has 1 aromatic rings. The van der Waals surface area contributed by atoms with E-state index in [9.17, 15) is 16.8 Å². The number of nitrogens with two attached hydrogens (primary N) is 1. The zero-order chi connectivity index (χ0) is 16.6. The van der Waals surface area contributed by atoms with Gasteiger partial charge in [-0.15, -0.1) is 0 Å². The van der Waals surface area contributed by atoms with Gasteiger partial charge in [0.05, 0.1) is 9.79 Å². The zero-order valence-electron chi connectivity index (χ0n) is 13.0. The van der Waals surface area contributed by atoms with Crippen LogP contribution in [0.4, 0.5) is 0 Å². The molecule has 0 fully saturated rings. The number of rotatable bonds is 5. The van der Waals surface area contributed by atoms with E-state index in [0.717, 1.165) is 12.5 Å². The lowest BCUT2D eigenvalue weighted by molar-refractivity contribution is 0.429. The molecule has 0 aromatic heterocycles. The van der Waals surface area contributed by atoms with Gasteiger partial charge in [-0.05, 0) is 30.5 Å². The minimum Gasteiger partial charge on any atom is -0.327 e. The van der Waals surface area contributed by atoms with Gasteiger partial charge in [0.2, 0.25) is 0 Å². The number of benzene rings is 1. The summed E-state index contributed by atoms with van der Waals surface area (Å²) in [5.41, 5.74) is 6.57. The molecular formula is C14H23NO4S2. The van der Waals surface area contributed by atoms with Crippen LogP contribution in [0.15, 0.2) is 28.0 Å². The molecule has 1 rings (SSSR count). The summed E-state index contributed by atoms with van der Waals surface area (Å²) < 4.78 is 47.4. The van der Waals surface area contributed by atoms with Crippen molar-refractivity contribution in [1.82, 2.24) is 0 Å². The average molecular weight is 333 g/mol. The molecule has 0 aliphatic rings. The minimum absolute atomic E-state index is 0.00106. The molecule has 0 radical (unpaired) electrons. The Morgan fingerprint density at radius 1 is 0.952 bits per heavy atom. The summed E-state index contributed by atoms with van der Waals surface area (Å²) in [5, 5.41) is 0. The lowest BCUT2D eigenvalue weighted by atomic mass is 9.83. The molecule has 120 valence electrons. The van der Waals surface area contributed by atoms with Crippen molar-refractivity contribution in [3.05, 3.63) is 23.8 Å². The van der Waals surface area contributed by atoms with Gasteiger partial charge in [-0.2, -0.15) is 0 Å². The molecule has 0 heterocycles. The van der Waals surface area contributed by atoms with E-state index in [2.05, 4.69) is 0 Å². The summed E-state index contributed by atoms with van der Waals surface area (Å²) in [7, 11) is -7.01. The van der Waals surface area contributed by atoms with Crippen LogP contribution in [0, 0.1) is 5.92 Å². The highest BCUT2D eigenvalue weighted by Crippen LogP contribution is 2.33. The van der Waals surface area contributed by atoms with Gasteiger partial charge >= 0.3 is 0 Å². The molecule has 2 N–H and O–H groups in total. The van der Waals surface area contributed by atoms with Crippen LogP contribution >= 0.6 is 0 Å². The van der Waals surface area contributed by atoms with Crippen LogP contribution in [0.25, 0.3) is 0 Å². The first-order valence-corrected chi connectivity index (χ1v) is 10.4. The highest BCUT2D eigenvalue weighted by Gasteiger charge is 2.27. The molecule has 0 spiro atoms.